The fourth-order valence-electron chi connectivity index (χ4n) is 3.33. The van der Waals surface area contributed by atoms with Gasteiger partial charge in [0.15, 0.2) is 0 Å². The zero-order chi connectivity index (χ0) is 20.2. The standard InChI is InChI=1S/C22H23ClN4O2/c1-16-11-17(7-9-21(16)23)8-10-22(28)26-13-19(14-26)27-12-18(24-25-27)15-29-20-5-3-2-4-6-20/h2-7,9,11-12,19H,8,10,13-15H2,1H3. The van der Waals surface area contributed by atoms with Crippen LogP contribution >= 0.6 is 11.6 Å². The zero-order valence-electron chi connectivity index (χ0n) is 16.3. The van der Waals surface area contributed by atoms with E-state index >= 15 is 0 Å². The van der Waals surface area contributed by atoms with E-state index in [0.717, 1.165) is 34.0 Å². The molecule has 1 saturated heterocycles. The Bertz CT molecular complexity index is 983. The fourth-order valence-corrected chi connectivity index (χ4v) is 3.45. The molecule has 150 valence electrons. The first-order valence-electron chi connectivity index (χ1n) is 9.70. The van der Waals surface area contributed by atoms with Gasteiger partial charge >= 0.3 is 0 Å². The highest BCUT2D eigenvalue weighted by Gasteiger charge is 2.32. The third-order valence-electron chi connectivity index (χ3n) is 5.13. The van der Waals surface area contributed by atoms with Crippen molar-refractivity contribution in [1.29, 1.82) is 0 Å². The Labute approximate surface area is 175 Å². The number of carbonyl (C=O) groups excluding carboxylic acids is 1. The van der Waals surface area contributed by atoms with Crippen LogP contribution in [0.4, 0.5) is 0 Å². The summed E-state index contributed by atoms with van der Waals surface area (Å²) in [6.45, 7) is 3.69. The summed E-state index contributed by atoms with van der Waals surface area (Å²) in [4.78, 5) is 14.3. The molecule has 6 nitrogen and oxygen atoms in total. The smallest absolute Gasteiger partial charge is 0.223 e. The van der Waals surface area contributed by atoms with E-state index in [-0.39, 0.29) is 11.9 Å². The molecule has 0 aliphatic carbocycles. The number of hydrogen-bond acceptors (Lipinski definition) is 4. The summed E-state index contributed by atoms with van der Waals surface area (Å²) < 4.78 is 7.53. The average molecular weight is 411 g/mol. The molecule has 0 spiro atoms. The quantitative estimate of drug-likeness (QED) is 0.593. The van der Waals surface area contributed by atoms with Crippen molar-refractivity contribution in [2.45, 2.75) is 32.4 Å². The van der Waals surface area contributed by atoms with Gasteiger partial charge in [-0.1, -0.05) is 47.1 Å². The predicted octanol–water partition coefficient (Wildman–Crippen LogP) is 3.84. The second-order valence-electron chi connectivity index (χ2n) is 7.33. The molecule has 4 rings (SSSR count). The summed E-state index contributed by atoms with van der Waals surface area (Å²) in [5, 5.41) is 9.12. The van der Waals surface area contributed by atoms with Gasteiger partial charge in [0.2, 0.25) is 5.91 Å². The summed E-state index contributed by atoms with van der Waals surface area (Å²) >= 11 is 6.06. The fraction of sp³-hybridized carbons (Fsp3) is 0.318. The van der Waals surface area contributed by atoms with Crippen molar-refractivity contribution in [2.24, 2.45) is 0 Å². The van der Waals surface area contributed by atoms with Crippen LogP contribution in [-0.2, 0) is 17.8 Å². The molecule has 3 aromatic rings. The third kappa shape index (κ3) is 4.77. The summed E-state index contributed by atoms with van der Waals surface area (Å²) in [6.07, 6.45) is 3.12. The van der Waals surface area contributed by atoms with Gasteiger partial charge in [0.05, 0.1) is 12.2 Å². The molecular formula is C22H23ClN4O2. The van der Waals surface area contributed by atoms with E-state index in [1.54, 1.807) is 0 Å². The van der Waals surface area contributed by atoms with Crippen LogP contribution < -0.4 is 4.74 Å². The number of halogens is 1. The number of rotatable bonds is 7. The number of aromatic nitrogens is 3. The molecular weight excluding hydrogens is 388 g/mol. The number of nitrogens with zero attached hydrogens (tertiary/aromatic N) is 4. The van der Waals surface area contributed by atoms with Gasteiger partial charge in [-0.2, -0.15) is 0 Å². The van der Waals surface area contributed by atoms with E-state index in [1.807, 2.05) is 71.2 Å². The van der Waals surface area contributed by atoms with E-state index in [9.17, 15) is 4.79 Å². The Balaban J connectivity index is 1.22. The molecule has 7 heteroatoms. The first kappa shape index (κ1) is 19.5. The summed E-state index contributed by atoms with van der Waals surface area (Å²) in [5.74, 6) is 0.972. The van der Waals surface area contributed by atoms with E-state index < -0.39 is 0 Å². The van der Waals surface area contributed by atoms with E-state index in [2.05, 4.69) is 10.3 Å². The van der Waals surface area contributed by atoms with E-state index in [0.29, 0.717) is 26.1 Å². The SMILES string of the molecule is Cc1cc(CCC(=O)N2CC(n3cc(COc4ccccc4)nn3)C2)ccc1Cl. The normalized spacial score (nSPS) is 13.9. The second kappa shape index (κ2) is 8.66. The highest BCUT2D eigenvalue weighted by molar-refractivity contribution is 6.31. The molecule has 1 aliphatic rings. The molecule has 1 fully saturated rings. The Morgan fingerprint density at radius 3 is 2.76 bits per heavy atom. The molecule has 0 N–H and O–H groups in total. The van der Waals surface area contributed by atoms with Gasteiger partial charge in [-0.15, -0.1) is 5.10 Å². The summed E-state index contributed by atoms with van der Waals surface area (Å²) in [7, 11) is 0. The molecule has 1 aromatic heterocycles. The Hall–Kier alpha value is -2.86. The van der Waals surface area contributed by atoms with Crippen LogP contribution in [0.25, 0.3) is 0 Å². The van der Waals surface area contributed by atoms with Crippen LogP contribution in [0.1, 0.15) is 29.3 Å². The lowest BCUT2D eigenvalue weighted by Crippen LogP contribution is -2.51. The number of aryl methyl sites for hydroxylation is 2. The molecule has 2 aromatic carbocycles. The second-order valence-corrected chi connectivity index (χ2v) is 7.73. The van der Waals surface area contributed by atoms with Crippen molar-refractivity contribution in [3.8, 4) is 5.75 Å². The predicted molar refractivity (Wildman–Crippen MR) is 111 cm³/mol. The Morgan fingerprint density at radius 2 is 2.00 bits per heavy atom. The first-order valence-corrected chi connectivity index (χ1v) is 10.1. The number of benzene rings is 2. The van der Waals surface area contributed by atoms with Crippen LogP contribution in [0.2, 0.25) is 5.02 Å². The van der Waals surface area contributed by atoms with Crippen LogP contribution in [0.3, 0.4) is 0 Å². The molecule has 0 saturated carbocycles. The van der Waals surface area contributed by atoms with E-state index in [4.69, 9.17) is 16.3 Å². The molecule has 1 amide bonds. The minimum Gasteiger partial charge on any atom is -0.487 e. The lowest BCUT2D eigenvalue weighted by atomic mass is 10.0. The van der Waals surface area contributed by atoms with Gasteiger partial charge in [0.25, 0.3) is 0 Å². The lowest BCUT2D eigenvalue weighted by Gasteiger charge is -2.39. The van der Waals surface area contributed by atoms with Gasteiger partial charge in [0, 0.05) is 24.5 Å². The number of carbonyl (C=O) groups is 1. The van der Waals surface area contributed by atoms with Crippen LogP contribution in [-0.4, -0.2) is 38.9 Å². The zero-order valence-corrected chi connectivity index (χ0v) is 17.0. The maximum absolute atomic E-state index is 12.4. The number of hydrogen-bond donors (Lipinski definition) is 0. The molecule has 0 radical (unpaired) electrons. The van der Waals surface area contributed by atoms with Gasteiger partial charge < -0.3 is 9.64 Å². The molecule has 1 aliphatic heterocycles. The van der Waals surface area contributed by atoms with Gasteiger partial charge in [-0.3, -0.25) is 4.79 Å². The van der Waals surface area contributed by atoms with Crippen molar-refractivity contribution < 1.29 is 9.53 Å². The molecule has 0 unspecified atom stereocenters. The van der Waals surface area contributed by atoms with Gasteiger partial charge in [-0.05, 0) is 42.7 Å². The molecule has 0 atom stereocenters. The van der Waals surface area contributed by atoms with Crippen LogP contribution in [0.5, 0.6) is 5.75 Å². The van der Waals surface area contributed by atoms with Crippen molar-refractivity contribution >= 4 is 17.5 Å². The maximum Gasteiger partial charge on any atom is 0.223 e. The largest absolute Gasteiger partial charge is 0.487 e. The number of amides is 1. The summed E-state index contributed by atoms with van der Waals surface area (Å²) in [5.41, 5.74) is 2.95. The minimum atomic E-state index is 0.168. The van der Waals surface area contributed by atoms with Gasteiger partial charge in [0.1, 0.15) is 18.1 Å². The van der Waals surface area contributed by atoms with Crippen molar-refractivity contribution in [1.82, 2.24) is 19.9 Å². The Kier molecular flexibility index (Phi) is 5.81. The third-order valence-corrected chi connectivity index (χ3v) is 5.55. The summed E-state index contributed by atoms with van der Waals surface area (Å²) in [6, 6.07) is 15.7. The minimum absolute atomic E-state index is 0.168. The highest BCUT2D eigenvalue weighted by Crippen LogP contribution is 2.23. The molecule has 2 heterocycles. The highest BCUT2D eigenvalue weighted by atomic mass is 35.5. The maximum atomic E-state index is 12.4. The molecule has 0 bridgehead atoms. The average Bonchev–Trinajstić information content (AvgIpc) is 3.15. The van der Waals surface area contributed by atoms with Gasteiger partial charge in [-0.25, -0.2) is 4.68 Å². The first-order chi connectivity index (χ1) is 14.1. The van der Waals surface area contributed by atoms with Crippen LogP contribution in [0, 0.1) is 6.92 Å². The molecule has 29 heavy (non-hydrogen) atoms. The van der Waals surface area contributed by atoms with Crippen molar-refractivity contribution in [2.75, 3.05) is 13.1 Å². The number of likely N-dealkylation sites (tertiary alicyclic amines) is 1. The Morgan fingerprint density at radius 1 is 1.21 bits per heavy atom. The lowest BCUT2D eigenvalue weighted by molar-refractivity contribution is -0.137. The van der Waals surface area contributed by atoms with E-state index in [1.165, 1.54) is 0 Å². The topological polar surface area (TPSA) is 60.2 Å². The number of para-hydroxylation sites is 1. The van der Waals surface area contributed by atoms with Crippen molar-refractivity contribution in [3.63, 3.8) is 0 Å². The monoisotopic (exact) mass is 410 g/mol. The van der Waals surface area contributed by atoms with Crippen molar-refractivity contribution in [3.05, 3.63) is 76.6 Å². The number of ether oxygens (including phenoxy) is 1. The van der Waals surface area contributed by atoms with Crippen LogP contribution in [0.15, 0.2) is 54.7 Å².